The van der Waals surface area contributed by atoms with Crippen LogP contribution in [0, 0.1) is 0 Å². The lowest BCUT2D eigenvalue weighted by Gasteiger charge is -2.36. The van der Waals surface area contributed by atoms with Crippen LogP contribution in [0.15, 0.2) is 24.3 Å². The third-order valence-corrected chi connectivity index (χ3v) is 4.07. The maximum Gasteiger partial charge on any atom is 0.416 e. The van der Waals surface area contributed by atoms with Crippen molar-refractivity contribution >= 4 is 5.91 Å². The lowest BCUT2D eigenvalue weighted by Crippen LogP contribution is -2.58. The van der Waals surface area contributed by atoms with E-state index >= 15 is 0 Å². The van der Waals surface area contributed by atoms with Gasteiger partial charge in [-0.25, -0.2) is 0 Å². The number of piperidine rings is 1. The highest BCUT2D eigenvalue weighted by Gasteiger charge is 2.36. The summed E-state index contributed by atoms with van der Waals surface area (Å²) in [4.78, 5) is 14.3. The van der Waals surface area contributed by atoms with Crippen molar-refractivity contribution in [3.63, 3.8) is 0 Å². The number of nitrogens with zero attached hydrogens (tertiary/aromatic N) is 1. The van der Waals surface area contributed by atoms with Gasteiger partial charge in [0, 0.05) is 19.6 Å². The first kappa shape index (κ1) is 16.8. The summed E-state index contributed by atoms with van der Waals surface area (Å²) in [7, 11) is 1.97. The normalized spacial score (nSPS) is 19.0. The van der Waals surface area contributed by atoms with Crippen molar-refractivity contribution in [2.24, 2.45) is 5.73 Å². The molecule has 1 amide bonds. The molecule has 22 heavy (non-hydrogen) atoms. The van der Waals surface area contributed by atoms with Gasteiger partial charge in [-0.1, -0.05) is 12.1 Å². The van der Waals surface area contributed by atoms with Gasteiger partial charge in [-0.05, 0) is 37.6 Å². The predicted octanol–water partition coefficient (Wildman–Crippen LogP) is 1.74. The molecule has 2 rings (SSSR count). The highest BCUT2D eigenvalue weighted by Crippen LogP contribution is 2.29. The molecule has 122 valence electrons. The molecule has 7 heteroatoms. The fourth-order valence-electron chi connectivity index (χ4n) is 2.41. The average molecular weight is 315 g/mol. The number of alkyl halides is 3. The first-order chi connectivity index (χ1) is 10.2. The minimum absolute atomic E-state index is 0.172. The number of amides is 1. The van der Waals surface area contributed by atoms with Crippen molar-refractivity contribution < 1.29 is 18.0 Å². The van der Waals surface area contributed by atoms with Crippen molar-refractivity contribution in [3.8, 4) is 0 Å². The number of nitrogens with one attached hydrogen (secondary N) is 1. The topological polar surface area (TPSA) is 58.4 Å². The maximum absolute atomic E-state index is 12.5. The third kappa shape index (κ3) is 3.98. The molecule has 0 bridgehead atoms. The first-order valence-electron chi connectivity index (χ1n) is 7.12. The zero-order chi connectivity index (χ0) is 16.4. The molecule has 0 atom stereocenters. The van der Waals surface area contributed by atoms with Gasteiger partial charge in [0.15, 0.2) is 0 Å². The molecule has 1 aromatic carbocycles. The Morgan fingerprint density at radius 3 is 2.32 bits per heavy atom. The van der Waals surface area contributed by atoms with Crippen LogP contribution in [0.3, 0.4) is 0 Å². The molecule has 1 fully saturated rings. The SMILES string of the molecule is CN1CCC(N)(C(=O)NCc2ccc(C(F)(F)F)cc2)CC1. The summed E-state index contributed by atoms with van der Waals surface area (Å²) in [5.41, 5.74) is 5.14. The van der Waals surface area contributed by atoms with E-state index in [1.54, 1.807) is 0 Å². The molecule has 1 aliphatic heterocycles. The van der Waals surface area contributed by atoms with Crippen molar-refractivity contribution in [3.05, 3.63) is 35.4 Å². The Bertz CT molecular complexity index is 520. The molecule has 3 N–H and O–H groups in total. The Morgan fingerprint density at radius 2 is 1.82 bits per heavy atom. The molecule has 0 aromatic heterocycles. The van der Waals surface area contributed by atoms with E-state index in [0.29, 0.717) is 18.4 Å². The average Bonchev–Trinajstić information content (AvgIpc) is 2.47. The van der Waals surface area contributed by atoms with E-state index in [0.717, 1.165) is 25.2 Å². The largest absolute Gasteiger partial charge is 0.416 e. The number of likely N-dealkylation sites (tertiary alicyclic amines) is 1. The lowest BCUT2D eigenvalue weighted by molar-refractivity contribution is -0.137. The Hall–Kier alpha value is -1.60. The van der Waals surface area contributed by atoms with E-state index in [9.17, 15) is 18.0 Å². The number of halogens is 3. The van der Waals surface area contributed by atoms with E-state index in [-0.39, 0.29) is 12.5 Å². The van der Waals surface area contributed by atoms with Gasteiger partial charge in [0.1, 0.15) is 0 Å². The number of hydrogen-bond acceptors (Lipinski definition) is 3. The van der Waals surface area contributed by atoms with Gasteiger partial charge in [-0.15, -0.1) is 0 Å². The molecule has 0 unspecified atom stereocenters. The monoisotopic (exact) mass is 315 g/mol. The minimum Gasteiger partial charge on any atom is -0.350 e. The Morgan fingerprint density at radius 1 is 1.27 bits per heavy atom. The summed E-state index contributed by atoms with van der Waals surface area (Å²) in [6, 6.07) is 4.74. The summed E-state index contributed by atoms with van der Waals surface area (Å²) < 4.78 is 37.4. The molecule has 1 aliphatic rings. The second kappa shape index (κ2) is 6.26. The number of rotatable bonds is 3. The van der Waals surface area contributed by atoms with Crippen molar-refractivity contribution in [2.75, 3.05) is 20.1 Å². The lowest BCUT2D eigenvalue weighted by atomic mass is 9.88. The molecule has 1 saturated heterocycles. The van der Waals surface area contributed by atoms with E-state index in [1.165, 1.54) is 12.1 Å². The highest BCUT2D eigenvalue weighted by atomic mass is 19.4. The minimum atomic E-state index is -4.35. The van der Waals surface area contributed by atoms with Crippen LogP contribution in [-0.2, 0) is 17.5 Å². The Labute approximate surface area is 127 Å². The first-order valence-corrected chi connectivity index (χ1v) is 7.12. The standard InChI is InChI=1S/C15H20F3N3O/c1-21-8-6-14(19,7-9-21)13(22)20-10-11-2-4-12(5-3-11)15(16,17)18/h2-5H,6-10,19H2,1H3,(H,20,22). The zero-order valence-corrected chi connectivity index (χ0v) is 12.4. The van der Waals surface area contributed by atoms with Gasteiger partial charge in [0.05, 0.1) is 11.1 Å². The maximum atomic E-state index is 12.5. The molecule has 0 spiro atoms. The van der Waals surface area contributed by atoms with E-state index in [2.05, 4.69) is 10.2 Å². The van der Waals surface area contributed by atoms with E-state index in [4.69, 9.17) is 5.73 Å². The van der Waals surface area contributed by atoms with Gasteiger partial charge >= 0.3 is 6.18 Å². The molecular weight excluding hydrogens is 295 g/mol. The third-order valence-electron chi connectivity index (χ3n) is 4.07. The summed E-state index contributed by atoms with van der Waals surface area (Å²) in [5.74, 6) is -0.250. The van der Waals surface area contributed by atoms with Crippen LogP contribution < -0.4 is 11.1 Å². The predicted molar refractivity (Wildman–Crippen MR) is 76.9 cm³/mol. The van der Waals surface area contributed by atoms with Crippen LogP contribution in [0.5, 0.6) is 0 Å². The highest BCUT2D eigenvalue weighted by molar-refractivity contribution is 5.86. The molecule has 0 radical (unpaired) electrons. The number of carbonyl (C=O) groups is 1. The van der Waals surface area contributed by atoms with Crippen LogP contribution in [-0.4, -0.2) is 36.5 Å². The summed E-state index contributed by atoms with van der Waals surface area (Å²) >= 11 is 0. The van der Waals surface area contributed by atoms with Crippen LogP contribution in [0.25, 0.3) is 0 Å². The fraction of sp³-hybridized carbons (Fsp3) is 0.533. The number of carbonyl (C=O) groups excluding carboxylic acids is 1. The van der Waals surface area contributed by atoms with Gasteiger partial charge in [0.25, 0.3) is 0 Å². The molecule has 1 heterocycles. The molecule has 0 aliphatic carbocycles. The molecule has 4 nitrogen and oxygen atoms in total. The van der Waals surface area contributed by atoms with Gasteiger partial charge < -0.3 is 16.0 Å². The van der Waals surface area contributed by atoms with Crippen LogP contribution >= 0.6 is 0 Å². The van der Waals surface area contributed by atoms with Crippen molar-refractivity contribution in [1.82, 2.24) is 10.2 Å². The fourth-order valence-corrected chi connectivity index (χ4v) is 2.41. The quantitative estimate of drug-likeness (QED) is 0.893. The Kier molecular flexibility index (Phi) is 4.77. The summed E-state index contributed by atoms with van der Waals surface area (Å²) in [5, 5.41) is 2.72. The van der Waals surface area contributed by atoms with Gasteiger partial charge in [-0.2, -0.15) is 13.2 Å². The van der Waals surface area contributed by atoms with Crippen LogP contribution in [0.2, 0.25) is 0 Å². The van der Waals surface area contributed by atoms with Crippen molar-refractivity contribution in [1.29, 1.82) is 0 Å². The number of benzene rings is 1. The van der Waals surface area contributed by atoms with Crippen LogP contribution in [0.1, 0.15) is 24.0 Å². The number of nitrogens with two attached hydrogens (primary N) is 1. The second-order valence-electron chi connectivity index (χ2n) is 5.84. The molecule has 1 aromatic rings. The zero-order valence-electron chi connectivity index (χ0n) is 12.4. The van der Waals surface area contributed by atoms with Crippen LogP contribution in [0.4, 0.5) is 13.2 Å². The molecule has 0 saturated carbocycles. The van der Waals surface area contributed by atoms with Gasteiger partial charge in [-0.3, -0.25) is 4.79 Å². The molecular formula is C15H20F3N3O. The Balaban J connectivity index is 1.91. The van der Waals surface area contributed by atoms with E-state index < -0.39 is 17.3 Å². The van der Waals surface area contributed by atoms with E-state index in [1.807, 2.05) is 7.05 Å². The smallest absolute Gasteiger partial charge is 0.350 e. The van der Waals surface area contributed by atoms with Gasteiger partial charge in [0.2, 0.25) is 5.91 Å². The summed E-state index contributed by atoms with van der Waals surface area (Å²) in [6.07, 6.45) is -3.21. The summed E-state index contributed by atoms with van der Waals surface area (Å²) in [6.45, 7) is 1.68. The number of hydrogen-bond donors (Lipinski definition) is 2. The van der Waals surface area contributed by atoms with Crippen molar-refractivity contribution in [2.45, 2.75) is 31.1 Å². The second-order valence-corrected chi connectivity index (χ2v) is 5.84.